The van der Waals surface area contributed by atoms with Crippen molar-refractivity contribution in [2.75, 3.05) is 6.61 Å². The van der Waals surface area contributed by atoms with Crippen LogP contribution in [0.1, 0.15) is 23.7 Å². The van der Waals surface area contributed by atoms with Crippen LogP contribution in [0.25, 0.3) is 0 Å². The molecule has 1 aromatic heterocycles. The number of urea groups is 1. The van der Waals surface area contributed by atoms with Gasteiger partial charge in [0.25, 0.3) is 0 Å². The van der Waals surface area contributed by atoms with Gasteiger partial charge >= 0.3 is 6.03 Å². The zero-order valence-electron chi connectivity index (χ0n) is 11.6. The molecular weight excluding hydrogens is 266 g/mol. The van der Waals surface area contributed by atoms with Crippen molar-refractivity contribution in [3.8, 4) is 5.75 Å². The summed E-state index contributed by atoms with van der Waals surface area (Å²) in [6.07, 6.45) is 2.48. The Bertz CT molecular complexity index is 616. The maximum atomic E-state index is 12.0. The predicted octanol–water partition coefficient (Wildman–Crippen LogP) is 2.40. The number of carbonyl (C=O) groups is 1. The highest BCUT2D eigenvalue weighted by molar-refractivity contribution is 5.74. The van der Waals surface area contributed by atoms with Crippen molar-refractivity contribution >= 4 is 6.03 Å². The highest BCUT2D eigenvalue weighted by Gasteiger charge is 2.22. The van der Waals surface area contributed by atoms with E-state index in [4.69, 9.17) is 4.74 Å². The molecule has 1 aliphatic rings. The molecule has 2 N–H and O–H groups in total. The largest absolute Gasteiger partial charge is 0.493 e. The molecule has 1 atom stereocenters. The first-order valence-electron chi connectivity index (χ1n) is 6.99. The molecule has 0 saturated heterocycles. The molecule has 5 heteroatoms. The number of nitrogens with one attached hydrogen (secondary N) is 2. The summed E-state index contributed by atoms with van der Waals surface area (Å²) < 4.78 is 5.58. The Morgan fingerprint density at radius 1 is 1.24 bits per heavy atom. The molecule has 0 spiro atoms. The molecule has 2 amide bonds. The Labute approximate surface area is 123 Å². The number of hydrogen-bond donors (Lipinski definition) is 2. The molecule has 0 bridgehead atoms. The molecule has 1 aromatic carbocycles. The first-order chi connectivity index (χ1) is 10.3. The third-order valence-corrected chi connectivity index (χ3v) is 3.42. The van der Waals surface area contributed by atoms with Crippen molar-refractivity contribution in [3.05, 3.63) is 59.9 Å². The van der Waals surface area contributed by atoms with E-state index in [0.717, 1.165) is 23.4 Å². The molecule has 0 aliphatic carbocycles. The maximum absolute atomic E-state index is 12.0. The van der Waals surface area contributed by atoms with Gasteiger partial charge in [0.05, 0.1) is 24.9 Å². The molecule has 0 unspecified atom stereocenters. The second-order valence-corrected chi connectivity index (χ2v) is 4.88. The Morgan fingerprint density at radius 3 is 2.95 bits per heavy atom. The molecular formula is C16H17N3O2. The first-order valence-corrected chi connectivity index (χ1v) is 6.99. The van der Waals surface area contributed by atoms with Crippen molar-refractivity contribution in [2.45, 2.75) is 19.0 Å². The Morgan fingerprint density at radius 2 is 2.10 bits per heavy atom. The summed E-state index contributed by atoms with van der Waals surface area (Å²) in [5.74, 6) is 0.846. The number of para-hydroxylation sites is 1. The number of aromatic nitrogens is 1. The average molecular weight is 283 g/mol. The highest BCUT2D eigenvalue weighted by atomic mass is 16.5. The minimum Gasteiger partial charge on any atom is -0.493 e. The van der Waals surface area contributed by atoms with Crippen LogP contribution in [0, 0.1) is 0 Å². The monoisotopic (exact) mass is 283 g/mol. The smallest absolute Gasteiger partial charge is 0.315 e. The number of carbonyl (C=O) groups excluding carboxylic acids is 1. The van der Waals surface area contributed by atoms with Gasteiger partial charge in [-0.05, 0) is 18.2 Å². The van der Waals surface area contributed by atoms with Crippen LogP contribution in [-0.2, 0) is 6.54 Å². The van der Waals surface area contributed by atoms with Crippen LogP contribution < -0.4 is 15.4 Å². The van der Waals surface area contributed by atoms with E-state index in [0.29, 0.717) is 13.2 Å². The van der Waals surface area contributed by atoms with Crippen LogP contribution in [-0.4, -0.2) is 17.6 Å². The van der Waals surface area contributed by atoms with Crippen molar-refractivity contribution in [1.29, 1.82) is 0 Å². The van der Waals surface area contributed by atoms with Crippen LogP contribution in [0.2, 0.25) is 0 Å². The van der Waals surface area contributed by atoms with Crippen LogP contribution in [0.5, 0.6) is 5.75 Å². The van der Waals surface area contributed by atoms with E-state index < -0.39 is 0 Å². The fourth-order valence-corrected chi connectivity index (χ4v) is 2.37. The number of hydrogen-bond acceptors (Lipinski definition) is 3. The highest BCUT2D eigenvalue weighted by Crippen LogP contribution is 2.31. The number of benzene rings is 1. The molecule has 0 saturated carbocycles. The second-order valence-electron chi connectivity index (χ2n) is 4.88. The molecule has 21 heavy (non-hydrogen) atoms. The SMILES string of the molecule is O=C(NCc1ccccn1)N[C@@H]1CCOc2ccccc21. The van der Waals surface area contributed by atoms with Gasteiger partial charge in [0, 0.05) is 18.2 Å². The van der Waals surface area contributed by atoms with E-state index in [9.17, 15) is 4.79 Å². The van der Waals surface area contributed by atoms with Gasteiger partial charge < -0.3 is 15.4 Å². The fraction of sp³-hybridized carbons (Fsp3) is 0.250. The molecule has 2 heterocycles. The average Bonchev–Trinajstić information content (AvgIpc) is 2.54. The molecule has 0 radical (unpaired) electrons. The lowest BCUT2D eigenvalue weighted by molar-refractivity contribution is 0.223. The predicted molar refractivity (Wildman–Crippen MR) is 78.9 cm³/mol. The van der Waals surface area contributed by atoms with E-state index in [1.807, 2.05) is 42.5 Å². The third-order valence-electron chi connectivity index (χ3n) is 3.42. The van der Waals surface area contributed by atoms with E-state index in [1.165, 1.54) is 0 Å². The summed E-state index contributed by atoms with van der Waals surface area (Å²) in [5, 5.41) is 5.81. The van der Waals surface area contributed by atoms with Gasteiger partial charge in [-0.3, -0.25) is 4.98 Å². The molecule has 2 aromatic rings. The molecule has 0 fully saturated rings. The summed E-state index contributed by atoms with van der Waals surface area (Å²) in [5.41, 5.74) is 1.86. The Kier molecular flexibility index (Phi) is 4.00. The van der Waals surface area contributed by atoms with Crippen molar-refractivity contribution in [2.24, 2.45) is 0 Å². The molecule has 1 aliphatic heterocycles. The minimum atomic E-state index is -0.192. The summed E-state index contributed by atoms with van der Waals surface area (Å²) in [7, 11) is 0. The fourth-order valence-electron chi connectivity index (χ4n) is 2.37. The zero-order valence-corrected chi connectivity index (χ0v) is 11.6. The first kappa shape index (κ1) is 13.4. The van der Waals surface area contributed by atoms with E-state index in [2.05, 4.69) is 15.6 Å². The molecule has 5 nitrogen and oxygen atoms in total. The summed E-state index contributed by atoms with van der Waals surface area (Å²) in [4.78, 5) is 16.2. The Balaban J connectivity index is 1.58. The topological polar surface area (TPSA) is 63.2 Å². The normalized spacial score (nSPS) is 16.5. The lowest BCUT2D eigenvalue weighted by Crippen LogP contribution is -2.39. The van der Waals surface area contributed by atoms with Crippen LogP contribution in [0.4, 0.5) is 4.79 Å². The second kappa shape index (κ2) is 6.26. The summed E-state index contributed by atoms with van der Waals surface area (Å²) in [6, 6.07) is 13.2. The number of rotatable bonds is 3. The number of pyridine rings is 1. The summed E-state index contributed by atoms with van der Waals surface area (Å²) in [6.45, 7) is 1.03. The van der Waals surface area contributed by atoms with Crippen LogP contribution in [0.3, 0.4) is 0 Å². The van der Waals surface area contributed by atoms with E-state index in [-0.39, 0.29) is 12.1 Å². The standard InChI is InChI=1S/C16H17N3O2/c20-16(18-11-12-5-3-4-9-17-12)19-14-8-10-21-15-7-2-1-6-13(14)15/h1-7,9,14H,8,10-11H2,(H2,18,19,20)/t14-/m1/s1. The Hall–Kier alpha value is -2.56. The van der Waals surface area contributed by atoms with Crippen molar-refractivity contribution in [1.82, 2.24) is 15.6 Å². The van der Waals surface area contributed by atoms with Gasteiger partial charge in [0.1, 0.15) is 5.75 Å². The van der Waals surface area contributed by atoms with Crippen molar-refractivity contribution < 1.29 is 9.53 Å². The van der Waals surface area contributed by atoms with Gasteiger partial charge in [0.15, 0.2) is 0 Å². The van der Waals surface area contributed by atoms with E-state index >= 15 is 0 Å². The van der Waals surface area contributed by atoms with Gasteiger partial charge in [-0.25, -0.2) is 4.79 Å². The van der Waals surface area contributed by atoms with Crippen LogP contribution in [0.15, 0.2) is 48.7 Å². The number of nitrogens with zero attached hydrogens (tertiary/aromatic N) is 1. The lowest BCUT2D eigenvalue weighted by Gasteiger charge is -2.26. The number of ether oxygens (including phenoxy) is 1. The van der Waals surface area contributed by atoms with Gasteiger partial charge in [0.2, 0.25) is 0 Å². The molecule has 3 rings (SSSR count). The number of amides is 2. The van der Waals surface area contributed by atoms with Crippen LogP contribution >= 0.6 is 0 Å². The number of fused-ring (bicyclic) bond motifs is 1. The maximum Gasteiger partial charge on any atom is 0.315 e. The molecule has 108 valence electrons. The minimum absolute atomic E-state index is 0.0151. The third kappa shape index (κ3) is 3.31. The summed E-state index contributed by atoms with van der Waals surface area (Å²) >= 11 is 0. The quantitative estimate of drug-likeness (QED) is 0.909. The van der Waals surface area contributed by atoms with Gasteiger partial charge in [-0.15, -0.1) is 0 Å². The lowest BCUT2D eigenvalue weighted by atomic mass is 10.0. The van der Waals surface area contributed by atoms with Gasteiger partial charge in [-0.1, -0.05) is 24.3 Å². The van der Waals surface area contributed by atoms with Gasteiger partial charge in [-0.2, -0.15) is 0 Å². The van der Waals surface area contributed by atoms with E-state index in [1.54, 1.807) is 6.20 Å². The van der Waals surface area contributed by atoms with Crippen molar-refractivity contribution in [3.63, 3.8) is 0 Å². The zero-order chi connectivity index (χ0) is 14.5.